The highest BCUT2D eigenvalue weighted by atomic mass is 35.5. The van der Waals surface area contributed by atoms with Crippen molar-refractivity contribution in [3.8, 4) is 0 Å². The molecule has 4 heteroatoms. The lowest BCUT2D eigenvalue weighted by Crippen LogP contribution is -2.34. The number of halogens is 2. The van der Waals surface area contributed by atoms with Crippen LogP contribution >= 0.6 is 23.2 Å². The zero-order chi connectivity index (χ0) is 14.1. The second-order valence-electron chi connectivity index (χ2n) is 4.97. The fourth-order valence-corrected chi connectivity index (χ4v) is 3.17. The summed E-state index contributed by atoms with van der Waals surface area (Å²) in [5.41, 5.74) is 3.06. The van der Waals surface area contributed by atoms with E-state index in [0.29, 0.717) is 15.6 Å². The summed E-state index contributed by atoms with van der Waals surface area (Å²) in [7, 11) is 0. The van der Waals surface area contributed by atoms with Gasteiger partial charge in [0.15, 0.2) is 0 Å². The van der Waals surface area contributed by atoms with Crippen LogP contribution in [0.2, 0.25) is 10.0 Å². The molecule has 2 aromatic carbocycles. The van der Waals surface area contributed by atoms with Crippen LogP contribution in [0, 0.1) is 0 Å². The van der Waals surface area contributed by atoms with Crippen molar-refractivity contribution in [2.45, 2.75) is 18.6 Å². The second kappa shape index (κ2) is 5.74. The maximum Gasteiger partial charge on any atom is 0.0999 e. The predicted molar refractivity (Wildman–Crippen MR) is 82.3 cm³/mol. The zero-order valence-electron chi connectivity index (χ0n) is 10.8. The molecular weight excluding hydrogens is 293 g/mol. The number of aliphatic hydroxyl groups is 1. The lowest BCUT2D eigenvalue weighted by Gasteiger charge is -2.31. The Kier molecular flexibility index (Phi) is 3.99. The molecular formula is C16H15Cl2NO. The predicted octanol–water partition coefficient (Wildman–Crippen LogP) is 3.91. The highest BCUT2D eigenvalue weighted by Gasteiger charge is 2.28. The topological polar surface area (TPSA) is 32.3 Å². The minimum Gasteiger partial charge on any atom is -0.386 e. The van der Waals surface area contributed by atoms with E-state index in [9.17, 15) is 5.11 Å². The molecule has 104 valence electrons. The zero-order valence-corrected chi connectivity index (χ0v) is 12.3. The number of hydrogen-bond donors (Lipinski definition) is 2. The van der Waals surface area contributed by atoms with Gasteiger partial charge in [0.1, 0.15) is 0 Å². The van der Waals surface area contributed by atoms with Gasteiger partial charge in [0, 0.05) is 5.56 Å². The van der Waals surface area contributed by atoms with Crippen molar-refractivity contribution in [1.29, 1.82) is 0 Å². The molecule has 0 spiro atoms. The van der Waals surface area contributed by atoms with Crippen LogP contribution in [0.15, 0.2) is 42.5 Å². The lowest BCUT2D eigenvalue weighted by molar-refractivity contribution is 0.125. The lowest BCUT2D eigenvalue weighted by atomic mass is 9.88. The van der Waals surface area contributed by atoms with Crippen LogP contribution in [0.25, 0.3) is 0 Å². The average Bonchev–Trinajstić information content (AvgIpc) is 2.49. The summed E-state index contributed by atoms with van der Waals surface area (Å²) in [6, 6.07) is 13.4. The first-order valence-electron chi connectivity index (χ1n) is 6.61. The van der Waals surface area contributed by atoms with E-state index in [0.717, 1.165) is 18.5 Å². The van der Waals surface area contributed by atoms with E-state index in [4.69, 9.17) is 23.2 Å². The molecule has 2 aromatic rings. The summed E-state index contributed by atoms with van der Waals surface area (Å²) in [5.74, 6) is 0. The van der Waals surface area contributed by atoms with Crippen LogP contribution in [0.4, 0.5) is 0 Å². The van der Waals surface area contributed by atoms with Gasteiger partial charge in [0.05, 0.1) is 22.2 Å². The smallest absolute Gasteiger partial charge is 0.0999 e. The molecule has 2 nitrogen and oxygen atoms in total. The second-order valence-corrected chi connectivity index (χ2v) is 5.75. The van der Waals surface area contributed by atoms with Gasteiger partial charge in [-0.1, -0.05) is 59.6 Å². The van der Waals surface area contributed by atoms with Gasteiger partial charge in [-0.2, -0.15) is 0 Å². The van der Waals surface area contributed by atoms with E-state index in [-0.39, 0.29) is 6.04 Å². The Morgan fingerprint density at radius 3 is 2.75 bits per heavy atom. The molecule has 1 aliphatic rings. The molecule has 0 radical (unpaired) electrons. The first kappa shape index (κ1) is 13.9. The minimum atomic E-state index is -0.720. The van der Waals surface area contributed by atoms with Crippen LogP contribution in [0.5, 0.6) is 0 Å². The van der Waals surface area contributed by atoms with E-state index < -0.39 is 6.10 Å². The van der Waals surface area contributed by atoms with Crippen LogP contribution in [-0.2, 0) is 6.42 Å². The van der Waals surface area contributed by atoms with Gasteiger partial charge in [-0.25, -0.2) is 0 Å². The van der Waals surface area contributed by atoms with Crippen molar-refractivity contribution < 1.29 is 5.11 Å². The SMILES string of the molecule is OC(c1cccc(Cl)c1Cl)C1NCCc2ccccc21. The summed E-state index contributed by atoms with van der Waals surface area (Å²) in [6.07, 6.45) is 0.255. The molecule has 0 saturated heterocycles. The molecule has 0 aliphatic carbocycles. The fourth-order valence-electron chi connectivity index (χ4n) is 2.75. The molecule has 0 amide bonds. The summed E-state index contributed by atoms with van der Waals surface area (Å²) >= 11 is 12.2. The number of benzene rings is 2. The highest BCUT2D eigenvalue weighted by Crippen LogP contribution is 2.38. The van der Waals surface area contributed by atoms with Crippen molar-refractivity contribution in [2.75, 3.05) is 6.54 Å². The van der Waals surface area contributed by atoms with Gasteiger partial charge >= 0.3 is 0 Å². The monoisotopic (exact) mass is 307 g/mol. The van der Waals surface area contributed by atoms with Crippen molar-refractivity contribution in [2.24, 2.45) is 0 Å². The molecule has 0 bridgehead atoms. The van der Waals surface area contributed by atoms with Crippen molar-refractivity contribution in [3.05, 3.63) is 69.2 Å². The number of aliphatic hydroxyl groups excluding tert-OH is 1. The van der Waals surface area contributed by atoms with Gasteiger partial charge in [-0.05, 0) is 30.2 Å². The fraction of sp³-hybridized carbons (Fsp3) is 0.250. The Morgan fingerprint density at radius 1 is 1.10 bits per heavy atom. The molecule has 1 aliphatic heterocycles. The van der Waals surface area contributed by atoms with E-state index in [2.05, 4.69) is 11.4 Å². The van der Waals surface area contributed by atoms with Gasteiger partial charge in [-0.15, -0.1) is 0 Å². The van der Waals surface area contributed by atoms with Gasteiger partial charge in [0.2, 0.25) is 0 Å². The molecule has 2 N–H and O–H groups in total. The van der Waals surface area contributed by atoms with Crippen LogP contribution in [-0.4, -0.2) is 11.7 Å². The van der Waals surface area contributed by atoms with Crippen molar-refractivity contribution >= 4 is 23.2 Å². The van der Waals surface area contributed by atoms with E-state index in [1.54, 1.807) is 6.07 Å². The third-order valence-electron chi connectivity index (χ3n) is 3.76. The number of hydrogen-bond acceptors (Lipinski definition) is 2. The largest absolute Gasteiger partial charge is 0.386 e. The Balaban J connectivity index is 2.00. The molecule has 0 fully saturated rings. The Hall–Kier alpha value is -1.06. The van der Waals surface area contributed by atoms with Crippen molar-refractivity contribution in [1.82, 2.24) is 5.32 Å². The van der Waals surface area contributed by atoms with Crippen molar-refractivity contribution in [3.63, 3.8) is 0 Å². The molecule has 0 aromatic heterocycles. The molecule has 2 unspecified atom stereocenters. The Morgan fingerprint density at radius 2 is 1.90 bits per heavy atom. The number of nitrogens with one attached hydrogen (secondary N) is 1. The summed E-state index contributed by atoms with van der Waals surface area (Å²) in [5, 5.41) is 14.9. The third kappa shape index (κ3) is 2.45. The standard InChI is InChI=1S/C16H15Cl2NO/c17-13-7-3-6-12(14(13)18)16(20)15-11-5-2-1-4-10(11)8-9-19-15/h1-7,15-16,19-20H,8-9H2. The normalized spacial score (nSPS) is 19.4. The molecule has 1 heterocycles. The molecule has 0 saturated carbocycles. The third-order valence-corrected chi connectivity index (χ3v) is 4.60. The van der Waals surface area contributed by atoms with Crippen LogP contribution in [0.3, 0.4) is 0 Å². The number of fused-ring (bicyclic) bond motifs is 1. The van der Waals surface area contributed by atoms with Gasteiger partial charge in [-0.3, -0.25) is 0 Å². The average molecular weight is 308 g/mol. The van der Waals surface area contributed by atoms with E-state index in [1.807, 2.05) is 30.3 Å². The highest BCUT2D eigenvalue weighted by molar-refractivity contribution is 6.42. The summed E-state index contributed by atoms with van der Waals surface area (Å²) in [4.78, 5) is 0. The van der Waals surface area contributed by atoms with E-state index >= 15 is 0 Å². The molecule has 20 heavy (non-hydrogen) atoms. The first-order valence-corrected chi connectivity index (χ1v) is 7.37. The molecule has 2 atom stereocenters. The van der Waals surface area contributed by atoms with Gasteiger partial charge in [0.25, 0.3) is 0 Å². The van der Waals surface area contributed by atoms with Crippen LogP contribution < -0.4 is 5.32 Å². The Bertz CT molecular complexity index is 630. The quantitative estimate of drug-likeness (QED) is 0.881. The summed E-state index contributed by atoms with van der Waals surface area (Å²) < 4.78 is 0. The number of rotatable bonds is 2. The minimum absolute atomic E-state index is 0.157. The van der Waals surface area contributed by atoms with Crippen LogP contribution in [0.1, 0.15) is 28.8 Å². The first-order chi connectivity index (χ1) is 9.68. The maximum absolute atomic E-state index is 10.7. The van der Waals surface area contributed by atoms with Gasteiger partial charge < -0.3 is 10.4 Å². The Labute approximate surface area is 128 Å². The maximum atomic E-state index is 10.7. The molecule has 3 rings (SSSR count). The summed E-state index contributed by atoms with van der Waals surface area (Å²) in [6.45, 7) is 0.844. The van der Waals surface area contributed by atoms with E-state index in [1.165, 1.54) is 5.56 Å².